The highest BCUT2D eigenvalue weighted by atomic mass is 16.2. The van der Waals surface area contributed by atoms with Gasteiger partial charge in [0.25, 0.3) is 0 Å². The van der Waals surface area contributed by atoms with E-state index in [9.17, 15) is 4.79 Å². The number of amides is 1. The Bertz CT molecular complexity index is 1330. The molecule has 47 heavy (non-hydrogen) atoms. The third kappa shape index (κ3) is 10.9. The molecule has 4 rings (SSSR count). The first-order valence-electron chi connectivity index (χ1n) is 17.3. The summed E-state index contributed by atoms with van der Waals surface area (Å²) in [5.74, 6) is 6.14. The molecule has 2 aliphatic heterocycles. The van der Waals surface area contributed by atoms with Gasteiger partial charge in [0.15, 0.2) is 0 Å². The number of hydrogen-bond donors (Lipinski definition) is 5. The topological polar surface area (TPSA) is 110 Å². The number of benzene rings is 2. The van der Waals surface area contributed by atoms with Crippen molar-refractivity contribution in [3.63, 3.8) is 0 Å². The minimum atomic E-state index is 0.111. The van der Waals surface area contributed by atoms with Gasteiger partial charge in [0, 0.05) is 69.3 Å². The zero-order valence-electron chi connectivity index (χ0n) is 29.8. The molecule has 2 heterocycles. The number of carbonyl (C=O) groups excluding carboxylic acids is 1. The molecule has 2 aromatic rings. The van der Waals surface area contributed by atoms with Crippen molar-refractivity contribution < 1.29 is 4.79 Å². The fourth-order valence-electron chi connectivity index (χ4n) is 6.76. The number of hydrazine groups is 1. The van der Waals surface area contributed by atoms with Crippen molar-refractivity contribution in [1.29, 1.82) is 0 Å². The summed E-state index contributed by atoms with van der Waals surface area (Å²) in [5, 5.41) is 10.4. The minimum absolute atomic E-state index is 0.111. The van der Waals surface area contributed by atoms with Crippen molar-refractivity contribution in [3.05, 3.63) is 71.3 Å². The summed E-state index contributed by atoms with van der Waals surface area (Å²) in [6.45, 7) is 21.6. The first-order chi connectivity index (χ1) is 22.7. The van der Waals surface area contributed by atoms with Gasteiger partial charge in [-0.2, -0.15) is 0 Å². The monoisotopic (exact) mass is 644 g/mol. The Labute approximate surface area is 284 Å². The summed E-state index contributed by atoms with van der Waals surface area (Å²) >= 11 is 0. The number of rotatable bonds is 13. The number of carbonyl (C=O) groups is 1. The van der Waals surface area contributed by atoms with Crippen LogP contribution in [0.2, 0.25) is 0 Å². The van der Waals surface area contributed by atoms with Crippen LogP contribution in [0.5, 0.6) is 0 Å². The Balaban J connectivity index is 0.00000294. The zero-order valence-corrected chi connectivity index (χ0v) is 29.8. The maximum absolute atomic E-state index is 13.5. The molecule has 2 saturated heterocycles. The number of nitrogens with one attached hydrogen (secondary N) is 4. The van der Waals surface area contributed by atoms with Crippen LogP contribution in [-0.4, -0.2) is 69.5 Å². The molecule has 0 aromatic heterocycles. The van der Waals surface area contributed by atoms with Crippen molar-refractivity contribution in [1.82, 2.24) is 10.2 Å². The average molecular weight is 645 g/mol. The lowest BCUT2D eigenvalue weighted by atomic mass is 9.93. The zero-order chi connectivity index (χ0) is 34.3. The van der Waals surface area contributed by atoms with Gasteiger partial charge in [-0.1, -0.05) is 25.0 Å². The highest BCUT2D eigenvalue weighted by Crippen LogP contribution is 2.33. The van der Waals surface area contributed by atoms with E-state index in [1.54, 1.807) is 0 Å². The number of aliphatic imine (C=N–C) groups is 1. The van der Waals surface area contributed by atoms with Gasteiger partial charge in [0.1, 0.15) is 6.67 Å². The normalized spacial score (nSPS) is 16.4. The molecule has 0 bridgehead atoms. The number of hydrogen-bond acceptors (Lipinski definition) is 8. The molecule has 2 fully saturated rings. The van der Waals surface area contributed by atoms with E-state index < -0.39 is 0 Å². The third-order valence-corrected chi connectivity index (χ3v) is 9.35. The molecule has 2 aromatic carbocycles. The van der Waals surface area contributed by atoms with Gasteiger partial charge in [0.05, 0.1) is 11.4 Å². The number of allylic oxidation sites excluding steroid dienone is 1. The van der Waals surface area contributed by atoms with Gasteiger partial charge in [-0.05, 0) is 106 Å². The number of anilines is 4. The van der Waals surface area contributed by atoms with Gasteiger partial charge >= 0.3 is 0 Å². The maximum atomic E-state index is 13.5. The van der Waals surface area contributed by atoms with E-state index in [0.717, 1.165) is 88.3 Å². The molecule has 0 atom stereocenters. The fraction of sp³-hybridized carbons (Fsp3) is 0.526. The quantitative estimate of drug-likeness (QED) is 0.0707. The van der Waals surface area contributed by atoms with Gasteiger partial charge in [-0.3, -0.25) is 15.6 Å². The highest BCUT2D eigenvalue weighted by molar-refractivity contribution is 5.81. The van der Waals surface area contributed by atoms with Crippen LogP contribution >= 0.6 is 0 Å². The van der Waals surface area contributed by atoms with Crippen LogP contribution in [0.3, 0.4) is 0 Å². The van der Waals surface area contributed by atoms with Gasteiger partial charge < -0.3 is 31.2 Å². The average Bonchev–Trinajstić information content (AvgIpc) is 3.08. The Hall–Kier alpha value is -3.82. The first kappa shape index (κ1) is 37.6. The van der Waals surface area contributed by atoms with Crippen LogP contribution in [0.1, 0.15) is 69.1 Å². The fourth-order valence-corrected chi connectivity index (χ4v) is 6.76. The lowest BCUT2D eigenvalue weighted by Gasteiger charge is -2.38. The third-order valence-electron chi connectivity index (χ3n) is 9.35. The SMILES string of the molecule is C=C.CCC/C(C)=C(/C=N\CNc1cc(C)cc(C)c1)CNC1CCN(C(=O)C2CCN(c3cc(NC)c(NN)cc3C)CC2)CC1. The molecular weight excluding hydrogens is 584 g/mol. The molecule has 9 nitrogen and oxygen atoms in total. The molecule has 9 heteroatoms. The minimum Gasteiger partial charge on any atom is -0.386 e. The van der Waals surface area contributed by atoms with Crippen LogP contribution in [0, 0.1) is 26.7 Å². The van der Waals surface area contributed by atoms with Crippen molar-refractivity contribution in [2.24, 2.45) is 16.8 Å². The number of nitrogens with two attached hydrogens (primary N) is 1. The Morgan fingerprint density at radius 1 is 0.979 bits per heavy atom. The Morgan fingerprint density at radius 2 is 1.64 bits per heavy atom. The lowest BCUT2D eigenvalue weighted by molar-refractivity contribution is -0.137. The first-order valence-corrected chi connectivity index (χ1v) is 17.3. The Morgan fingerprint density at radius 3 is 2.23 bits per heavy atom. The van der Waals surface area contributed by atoms with Crippen LogP contribution in [0.15, 0.2) is 59.6 Å². The molecule has 2 aliphatic rings. The summed E-state index contributed by atoms with van der Waals surface area (Å²) in [6.07, 6.45) is 8.01. The van der Waals surface area contributed by atoms with Crippen molar-refractivity contribution in [3.8, 4) is 0 Å². The maximum Gasteiger partial charge on any atom is 0.225 e. The van der Waals surface area contributed by atoms with Crippen molar-refractivity contribution >= 4 is 34.9 Å². The molecule has 6 N–H and O–H groups in total. The van der Waals surface area contributed by atoms with Crippen LogP contribution in [0.4, 0.5) is 22.7 Å². The van der Waals surface area contributed by atoms with Crippen molar-refractivity contribution in [2.45, 2.75) is 79.2 Å². The molecule has 258 valence electrons. The largest absolute Gasteiger partial charge is 0.386 e. The lowest BCUT2D eigenvalue weighted by Crippen LogP contribution is -2.49. The molecular formula is C38H60N8O. The van der Waals surface area contributed by atoms with Gasteiger partial charge in [0.2, 0.25) is 5.91 Å². The molecule has 0 saturated carbocycles. The summed E-state index contributed by atoms with van der Waals surface area (Å²) in [5.41, 5.74) is 13.3. The number of likely N-dealkylation sites (tertiary alicyclic amines) is 1. The van der Waals surface area contributed by atoms with E-state index in [4.69, 9.17) is 10.8 Å². The molecule has 0 spiro atoms. The van der Waals surface area contributed by atoms with E-state index >= 15 is 0 Å². The smallest absolute Gasteiger partial charge is 0.225 e. The van der Waals surface area contributed by atoms with Crippen LogP contribution < -0.4 is 32.1 Å². The number of aryl methyl sites for hydroxylation is 3. The van der Waals surface area contributed by atoms with E-state index in [1.807, 2.05) is 13.3 Å². The summed E-state index contributed by atoms with van der Waals surface area (Å²) < 4.78 is 0. The van der Waals surface area contributed by atoms with Crippen molar-refractivity contribution in [2.75, 3.05) is 67.4 Å². The number of nitrogen functional groups attached to an aromatic ring is 1. The molecule has 0 aliphatic carbocycles. The summed E-state index contributed by atoms with van der Waals surface area (Å²) in [6, 6.07) is 11.1. The second-order valence-electron chi connectivity index (χ2n) is 12.9. The summed E-state index contributed by atoms with van der Waals surface area (Å²) in [4.78, 5) is 22.7. The van der Waals surface area contributed by atoms with Gasteiger partial charge in [-0.25, -0.2) is 0 Å². The predicted molar refractivity (Wildman–Crippen MR) is 203 cm³/mol. The van der Waals surface area contributed by atoms with Crippen LogP contribution in [0.25, 0.3) is 0 Å². The van der Waals surface area contributed by atoms with E-state index in [1.165, 1.54) is 33.5 Å². The number of piperidine rings is 2. The Kier molecular flexibility index (Phi) is 15.3. The predicted octanol–water partition coefficient (Wildman–Crippen LogP) is 6.80. The highest BCUT2D eigenvalue weighted by Gasteiger charge is 2.31. The number of nitrogens with zero attached hydrogens (tertiary/aromatic N) is 3. The molecule has 0 unspecified atom stereocenters. The summed E-state index contributed by atoms with van der Waals surface area (Å²) in [7, 11) is 1.91. The molecule has 1 amide bonds. The second-order valence-corrected chi connectivity index (χ2v) is 12.9. The van der Waals surface area contributed by atoms with E-state index in [0.29, 0.717) is 18.6 Å². The second kappa shape index (κ2) is 19.1. The molecule has 0 radical (unpaired) electrons. The van der Waals surface area contributed by atoms with E-state index in [2.05, 4.69) is 109 Å². The van der Waals surface area contributed by atoms with Gasteiger partial charge in [-0.15, -0.1) is 13.2 Å². The standard InChI is InChI=1S/C36H56N8O.C2H4/c1-7-8-27(4)30(22-39-24-41-32-18-25(2)17-26(3)19-32)23-40-31-11-15-44(16-12-31)36(45)29-9-13-43(14-10-29)35-21-33(38-6)34(42-37)20-28(35)5;1-2/h17-22,29,31,38,40-42H,7-16,23-24,37H2,1-6H3;1-2H2/b30-27-,39-22-;. The van der Waals surface area contributed by atoms with E-state index in [-0.39, 0.29) is 5.92 Å². The van der Waals surface area contributed by atoms with Crippen LogP contribution in [-0.2, 0) is 4.79 Å².